The van der Waals surface area contributed by atoms with Gasteiger partial charge in [-0.1, -0.05) is 30.4 Å². The number of carbonyl (C=O) groups is 1. The number of hydrogen-bond donors (Lipinski definition) is 2. The fraction of sp³-hybridized carbons (Fsp3) is 0.214. The second-order valence-electron chi connectivity index (χ2n) is 4.23. The van der Waals surface area contributed by atoms with Crippen molar-refractivity contribution >= 4 is 15.9 Å². The molecule has 0 spiro atoms. The number of benzene rings is 1. The first-order valence-electron chi connectivity index (χ1n) is 6.07. The fourth-order valence-electron chi connectivity index (χ4n) is 1.55. The Hall–Kier alpha value is -1.92. The summed E-state index contributed by atoms with van der Waals surface area (Å²) in [5.74, 6) is -0.217. The van der Waals surface area contributed by atoms with Crippen LogP contribution in [0.3, 0.4) is 0 Å². The summed E-state index contributed by atoms with van der Waals surface area (Å²) in [5.41, 5.74) is 0.796. The fourth-order valence-corrected chi connectivity index (χ4v) is 2.06. The van der Waals surface area contributed by atoms with Gasteiger partial charge >= 0.3 is 0 Å². The van der Waals surface area contributed by atoms with Crippen LogP contribution in [0.4, 0.5) is 0 Å². The van der Waals surface area contributed by atoms with Gasteiger partial charge in [0.1, 0.15) is 0 Å². The normalized spacial score (nSPS) is 13.8. The highest BCUT2D eigenvalue weighted by atomic mass is 32.2. The number of rotatable bonds is 5. The van der Waals surface area contributed by atoms with E-state index in [1.807, 2.05) is 19.9 Å². The number of sulfonamides is 1. The molecule has 1 aromatic carbocycles. The van der Waals surface area contributed by atoms with Crippen molar-refractivity contribution in [2.45, 2.75) is 24.8 Å². The molecule has 108 valence electrons. The van der Waals surface area contributed by atoms with E-state index in [-0.39, 0.29) is 16.8 Å². The van der Waals surface area contributed by atoms with Crippen LogP contribution < -0.4 is 10.5 Å². The number of carbonyl (C=O) groups excluding carboxylic acids is 1. The molecule has 0 heterocycles. The number of allylic oxidation sites excluding steroid dienone is 3. The van der Waals surface area contributed by atoms with Gasteiger partial charge in [-0.15, -0.1) is 0 Å². The molecule has 5 nitrogen and oxygen atoms in total. The van der Waals surface area contributed by atoms with E-state index >= 15 is 0 Å². The topological polar surface area (TPSA) is 89.3 Å². The van der Waals surface area contributed by atoms with Gasteiger partial charge in [-0.3, -0.25) is 4.79 Å². The summed E-state index contributed by atoms with van der Waals surface area (Å²) < 4.78 is 22.3. The summed E-state index contributed by atoms with van der Waals surface area (Å²) in [6.45, 7) is 3.67. The van der Waals surface area contributed by atoms with E-state index in [4.69, 9.17) is 5.14 Å². The van der Waals surface area contributed by atoms with Gasteiger partial charge in [0.2, 0.25) is 15.9 Å². The van der Waals surface area contributed by atoms with Gasteiger partial charge in [0, 0.05) is 6.08 Å². The van der Waals surface area contributed by atoms with Crippen LogP contribution in [0.1, 0.15) is 25.5 Å². The standard InChI is InChI=1S/C14H18N2O3S/c1-3-4-5-6-14(17)16-11(2)12-7-9-13(10-8-12)20(15,18)19/h3-11H,1-2H3,(H,16,17)(H2,15,18,19)/b4-3+,6-5+/t11-/m0/s1. The van der Waals surface area contributed by atoms with Crippen molar-refractivity contribution in [2.24, 2.45) is 5.14 Å². The van der Waals surface area contributed by atoms with Crippen LogP contribution in [0, 0.1) is 0 Å². The Morgan fingerprint density at radius 1 is 1.25 bits per heavy atom. The smallest absolute Gasteiger partial charge is 0.244 e. The maximum Gasteiger partial charge on any atom is 0.244 e. The second-order valence-corrected chi connectivity index (χ2v) is 5.79. The summed E-state index contributed by atoms with van der Waals surface area (Å²) in [4.78, 5) is 11.6. The van der Waals surface area contributed by atoms with Crippen LogP contribution in [0.25, 0.3) is 0 Å². The molecule has 1 aromatic rings. The molecule has 0 aliphatic carbocycles. The van der Waals surface area contributed by atoms with Gasteiger partial charge in [-0.05, 0) is 31.5 Å². The van der Waals surface area contributed by atoms with E-state index in [9.17, 15) is 13.2 Å². The molecule has 0 saturated carbocycles. The molecule has 0 aliphatic heterocycles. The van der Waals surface area contributed by atoms with Crippen molar-refractivity contribution in [1.82, 2.24) is 5.32 Å². The van der Waals surface area contributed by atoms with Crippen molar-refractivity contribution in [3.63, 3.8) is 0 Å². The second kappa shape index (κ2) is 7.02. The molecular weight excluding hydrogens is 276 g/mol. The highest BCUT2D eigenvalue weighted by molar-refractivity contribution is 7.89. The first kappa shape index (κ1) is 16.1. The third kappa shape index (κ3) is 4.99. The summed E-state index contributed by atoms with van der Waals surface area (Å²) in [7, 11) is -3.69. The lowest BCUT2D eigenvalue weighted by Crippen LogP contribution is -2.24. The quantitative estimate of drug-likeness (QED) is 0.639. The largest absolute Gasteiger partial charge is 0.346 e. The molecule has 1 rings (SSSR count). The Balaban J connectivity index is 2.73. The lowest BCUT2D eigenvalue weighted by Gasteiger charge is -2.13. The lowest BCUT2D eigenvalue weighted by molar-refractivity contribution is -0.117. The van der Waals surface area contributed by atoms with E-state index in [1.54, 1.807) is 24.3 Å². The molecule has 3 N–H and O–H groups in total. The minimum Gasteiger partial charge on any atom is -0.346 e. The number of nitrogens with two attached hydrogens (primary N) is 1. The average molecular weight is 294 g/mol. The van der Waals surface area contributed by atoms with E-state index < -0.39 is 10.0 Å². The third-order valence-electron chi connectivity index (χ3n) is 2.62. The Morgan fingerprint density at radius 2 is 1.85 bits per heavy atom. The van der Waals surface area contributed by atoms with Gasteiger partial charge < -0.3 is 5.32 Å². The maximum absolute atomic E-state index is 11.6. The molecule has 0 aromatic heterocycles. The summed E-state index contributed by atoms with van der Waals surface area (Å²) >= 11 is 0. The minimum absolute atomic E-state index is 0.0488. The Labute approximate surface area is 119 Å². The van der Waals surface area contributed by atoms with Crippen molar-refractivity contribution in [3.05, 3.63) is 54.1 Å². The molecule has 0 aliphatic rings. The zero-order valence-electron chi connectivity index (χ0n) is 11.4. The highest BCUT2D eigenvalue weighted by Gasteiger charge is 2.10. The van der Waals surface area contributed by atoms with E-state index in [2.05, 4.69) is 5.32 Å². The third-order valence-corrected chi connectivity index (χ3v) is 3.55. The van der Waals surface area contributed by atoms with E-state index in [1.165, 1.54) is 18.2 Å². The molecule has 0 fully saturated rings. The molecule has 0 radical (unpaired) electrons. The number of hydrogen-bond acceptors (Lipinski definition) is 3. The Bertz CT molecular complexity index is 616. The van der Waals surface area contributed by atoms with Crippen molar-refractivity contribution < 1.29 is 13.2 Å². The van der Waals surface area contributed by atoms with Crippen LogP contribution in [0.2, 0.25) is 0 Å². The predicted molar refractivity (Wildman–Crippen MR) is 78.3 cm³/mol. The summed E-state index contributed by atoms with van der Waals surface area (Å²) in [6, 6.07) is 5.86. The molecule has 0 saturated heterocycles. The summed E-state index contributed by atoms with van der Waals surface area (Å²) in [6.07, 6.45) is 6.64. The SMILES string of the molecule is C/C=C/C=C/C(=O)N[C@@H](C)c1ccc(S(N)(=O)=O)cc1. The van der Waals surface area contributed by atoms with Crippen LogP contribution in [0.15, 0.2) is 53.5 Å². The molecule has 0 bridgehead atoms. The van der Waals surface area contributed by atoms with Gasteiger partial charge in [-0.25, -0.2) is 13.6 Å². The van der Waals surface area contributed by atoms with E-state index in [0.29, 0.717) is 0 Å². The first-order chi connectivity index (χ1) is 9.34. The molecular formula is C14H18N2O3S. The predicted octanol–water partition coefficient (Wildman–Crippen LogP) is 1.64. The maximum atomic E-state index is 11.6. The van der Waals surface area contributed by atoms with Gasteiger partial charge in [0.05, 0.1) is 10.9 Å². The van der Waals surface area contributed by atoms with E-state index in [0.717, 1.165) is 5.56 Å². The average Bonchev–Trinajstić information content (AvgIpc) is 2.38. The molecule has 1 atom stereocenters. The highest BCUT2D eigenvalue weighted by Crippen LogP contribution is 2.15. The number of amides is 1. The Morgan fingerprint density at radius 3 is 2.35 bits per heavy atom. The lowest BCUT2D eigenvalue weighted by atomic mass is 10.1. The van der Waals surface area contributed by atoms with Gasteiger partial charge in [0.25, 0.3) is 0 Å². The van der Waals surface area contributed by atoms with Crippen molar-refractivity contribution in [3.8, 4) is 0 Å². The van der Waals surface area contributed by atoms with Crippen LogP contribution >= 0.6 is 0 Å². The molecule has 1 amide bonds. The summed E-state index contributed by atoms with van der Waals surface area (Å²) in [5, 5.41) is 7.79. The zero-order valence-corrected chi connectivity index (χ0v) is 12.2. The number of primary sulfonamides is 1. The first-order valence-corrected chi connectivity index (χ1v) is 7.62. The van der Waals surface area contributed by atoms with Crippen molar-refractivity contribution in [1.29, 1.82) is 0 Å². The van der Waals surface area contributed by atoms with Gasteiger partial charge in [0.15, 0.2) is 0 Å². The van der Waals surface area contributed by atoms with Crippen LogP contribution in [-0.4, -0.2) is 14.3 Å². The minimum atomic E-state index is -3.69. The van der Waals surface area contributed by atoms with Crippen LogP contribution in [-0.2, 0) is 14.8 Å². The number of nitrogens with one attached hydrogen (secondary N) is 1. The molecule has 20 heavy (non-hydrogen) atoms. The monoisotopic (exact) mass is 294 g/mol. The zero-order chi connectivity index (χ0) is 15.2. The molecule has 0 unspecified atom stereocenters. The molecule has 6 heteroatoms. The van der Waals surface area contributed by atoms with Crippen LogP contribution in [0.5, 0.6) is 0 Å². The van der Waals surface area contributed by atoms with Crippen molar-refractivity contribution in [2.75, 3.05) is 0 Å². The Kier molecular flexibility index (Phi) is 5.66. The van der Waals surface area contributed by atoms with Gasteiger partial charge in [-0.2, -0.15) is 0 Å².